The average molecular weight is 253 g/mol. The van der Waals surface area contributed by atoms with Crippen LogP contribution in [-0.2, 0) is 13.8 Å². The number of methoxy groups -OCH3 is 1. The molecular weight excluding hydrogens is 243 g/mol. The highest BCUT2D eigenvalue weighted by Gasteiger charge is 2.18. The molecule has 0 aliphatic carbocycles. The lowest BCUT2D eigenvalue weighted by Gasteiger charge is -2.13. The number of ether oxygens (including phenoxy) is 1. The standard InChI is InChI=1S/C9H10ClFO3S/c1-14-9(6-15(10,12)13)7-3-2-4-8(11)5-7/h2-5,9H,6H2,1H3. The van der Waals surface area contributed by atoms with Crippen molar-refractivity contribution in [2.24, 2.45) is 0 Å². The molecule has 0 aliphatic rings. The zero-order valence-corrected chi connectivity index (χ0v) is 9.56. The third-order valence-electron chi connectivity index (χ3n) is 1.86. The molecule has 0 fully saturated rings. The van der Waals surface area contributed by atoms with Crippen molar-refractivity contribution in [3.8, 4) is 0 Å². The third-order valence-corrected chi connectivity index (χ3v) is 2.93. The molecule has 3 nitrogen and oxygen atoms in total. The molecule has 1 atom stereocenters. The largest absolute Gasteiger partial charge is 0.376 e. The Morgan fingerprint density at radius 2 is 2.20 bits per heavy atom. The van der Waals surface area contributed by atoms with Gasteiger partial charge in [-0.3, -0.25) is 0 Å². The van der Waals surface area contributed by atoms with E-state index in [4.69, 9.17) is 15.4 Å². The summed E-state index contributed by atoms with van der Waals surface area (Å²) in [6.45, 7) is 0. The lowest BCUT2D eigenvalue weighted by molar-refractivity contribution is 0.122. The van der Waals surface area contributed by atoms with E-state index in [9.17, 15) is 12.8 Å². The molecule has 6 heteroatoms. The van der Waals surface area contributed by atoms with E-state index in [1.807, 2.05) is 0 Å². The van der Waals surface area contributed by atoms with E-state index < -0.39 is 21.0 Å². The normalized spacial score (nSPS) is 13.8. The van der Waals surface area contributed by atoms with Crippen LogP contribution in [0.4, 0.5) is 4.39 Å². The van der Waals surface area contributed by atoms with Gasteiger partial charge in [0.25, 0.3) is 0 Å². The fraction of sp³-hybridized carbons (Fsp3) is 0.333. The van der Waals surface area contributed by atoms with Gasteiger partial charge in [-0.1, -0.05) is 12.1 Å². The SMILES string of the molecule is COC(CS(=O)(=O)Cl)c1cccc(F)c1. The smallest absolute Gasteiger partial charge is 0.235 e. The van der Waals surface area contributed by atoms with E-state index in [0.29, 0.717) is 5.56 Å². The first-order valence-electron chi connectivity index (χ1n) is 4.13. The van der Waals surface area contributed by atoms with Gasteiger partial charge in [-0.2, -0.15) is 0 Å². The molecule has 0 amide bonds. The molecule has 0 radical (unpaired) electrons. The summed E-state index contributed by atoms with van der Waals surface area (Å²) < 4.78 is 39.5. The zero-order chi connectivity index (χ0) is 11.5. The molecular formula is C9H10ClFO3S. The van der Waals surface area contributed by atoms with Gasteiger partial charge in [0, 0.05) is 17.8 Å². The van der Waals surface area contributed by atoms with Crippen LogP contribution in [-0.4, -0.2) is 21.3 Å². The second-order valence-electron chi connectivity index (χ2n) is 2.98. The van der Waals surface area contributed by atoms with Crippen LogP contribution in [0.5, 0.6) is 0 Å². The molecule has 0 aliphatic heterocycles. The molecule has 84 valence electrons. The first-order valence-corrected chi connectivity index (χ1v) is 6.61. The lowest BCUT2D eigenvalue weighted by Crippen LogP contribution is -2.12. The van der Waals surface area contributed by atoms with Crippen LogP contribution >= 0.6 is 10.7 Å². The Kier molecular flexibility index (Phi) is 4.07. The minimum atomic E-state index is -3.67. The fourth-order valence-corrected chi connectivity index (χ4v) is 2.22. The van der Waals surface area contributed by atoms with Gasteiger partial charge < -0.3 is 4.74 Å². The number of hydrogen-bond acceptors (Lipinski definition) is 3. The van der Waals surface area contributed by atoms with Crippen molar-refractivity contribution in [2.45, 2.75) is 6.10 Å². The molecule has 0 saturated carbocycles. The van der Waals surface area contributed by atoms with Gasteiger partial charge in [0.1, 0.15) is 5.82 Å². The van der Waals surface area contributed by atoms with Gasteiger partial charge in [0.05, 0.1) is 11.9 Å². The van der Waals surface area contributed by atoms with Gasteiger partial charge in [-0.05, 0) is 17.7 Å². The molecule has 0 N–H and O–H groups in total. The van der Waals surface area contributed by atoms with E-state index in [2.05, 4.69) is 0 Å². The second kappa shape index (κ2) is 4.92. The Morgan fingerprint density at radius 3 is 2.67 bits per heavy atom. The summed E-state index contributed by atoms with van der Waals surface area (Å²) in [6, 6.07) is 5.55. The maximum absolute atomic E-state index is 12.9. The number of rotatable bonds is 4. The molecule has 15 heavy (non-hydrogen) atoms. The van der Waals surface area contributed by atoms with E-state index in [1.165, 1.54) is 25.3 Å². The van der Waals surface area contributed by atoms with E-state index in [1.54, 1.807) is 6.07 Å². The molecule has 0 bridgehead atoms. The molecule has 1 aromatic carbocycles. The van der Waals surface area contributed by atoms with E-state index >= 15 is 0 Å². The minimum Gasteiger partial charge on any atom is -0.376 e. The molecule has 0 spiro atoms. The summed E-state index contributed by atoms with van der Waals surface area (Å²) >= 11 is 0. The quantitative estimate of drug-likeness (QED) is 0.771. The van der Waals surface area contributed by atoms with E-state index in [-0.39, 0.29) is 5.75 Å². The zero-order valence-electron chi connectivity index (χ0n) is 7.98. The predicted octanol–water partition coefficient (Wildman–Crippen LogP) is 2.08. The van der Waals surface area contributed by atoms with Gasteiger partial charge in [-0.25, -0.2) is 12.8 Å². The van der Waals surface area contributed by atoms with Crippen LogP contribution in [0.25, 0.3) is 0 Å². The van der Waals surface area contributed by atoms with Crippen LogP contribution in [0.3, 0.4) is 0 Å². The van der Waals surface area contributed by atoms with Crippen LogP contribution in [0.2, 0.25) is 0 Å². The summed E-state index contributed by atoms with van der Waals surface area (Å²) in [5.41, 5.74) is 0.446. The fourth-order valence-electron chi connectivity index (χ4n) is 1.19. The Hall–Kier alpha value is -0.650. The molecule has 1 aromatic rings. The summed E-state index contributed by atoms with van der Waals surface area (Å²) in [4.78, 5) is 0. The molecule has 1 unspecified atom stereocenters. The van der Waals surface area contributed by atoms with Crippen LogP contribution in [0, 0.1) is 5.82 Å². The molecule has 0 saturated heterocycles. The summed E-state index contributed by atoms with van der Waals surface area (Å²) in [7, 11) is 2.77. The molecule has 0 aromatic heterocycles. The minimum absolute atomic E-state index is 0.380. The Balaban J connectivity index is 2.93. The first-order chi connectivity index (χ1) is 6.92. The third kappa shape index (κ3) is 4.15. The highest BCUT2D eigenvalue weighted by Crippen LogP contribution is 2.20. The van der Waals surface area contributed by atoms with Crippen molar-refractivity contribution >= 4 is 19.7 Å². The Bertz CT molecular complexity index is 433. The lowest BCUT2D eigenvalue weighted by atomic mass is 10.1. The summed E-state index contributed by atoms with van der Waals surface area (Å²) in [5, 5.41) is 0. The summed E-state index contributed by atoms with van der Waals surface area (Å²) in [6.07, 6.45) is -0.747. The van der Waals surface area contributed by atoms with Crippen molar-refractivity contribution in [3.63, 3.8) is 0 Å². The molecule has 1 rings (SSSR count). The topological polar surface area (TPSA) is 43.4 Å². The Labute approximate surface area is 92.2 Å². The maximum atomic E-state index is 12.9. The monoisotopic (exact) mass is 252 g/mol. The van der Waals surface area contributed by atoms with E-state index in [0.717, 1.165) is 0 Å². The number of benzene rings is 1. The highest BCUT2D eigenvalue weighted by molar-refractivity contribution is 8.13. The van der Waals surface area contributed by atoms with Gasteiger partial charge >= 0.3 is 0 Å². The number of hydrogen-bond donors (Lipinski definition) is 0. The summed E-state index contributed by atoms with van der Waals surface area (Å²) in [5.74, 6) is -0.823. The van der Waals surface area contributed by atoms with Crippen LogP contribution < -0.4 is 0 Å². The van der Waals surface area contributed by atoms with Gasteiger partial charge in [0.15, 0.2) is 0 Å². The highest BCUT2D eigenvalue weighted by atomic mass is 35.7. The molecule has 0 heterocycles. The van der Waals surface area contributed by atoms with Crippen LogP contribution in [0.15, 0.2) is 24.3 Å². The van der Waals surface area contributed by atoms with Crippen molar-refractivity contribution < 1.29 is 17.5 Å². The van der Waals surface area contributed by atoms with Crippen molar-refractivity contribution in [1.82, 2.24) is 0 Å². The van der Waals surface area contributed by atoms with Crippen molar-refractivity contribution in [3.05, 3.63) is 35.6 Å². The van der Waals surface area contributed by atoms with Crippen LogP contribution in [0.1, 0.15) is 11.7 Å². The van der Waals surface area contributed by atoms with Crippen molar-refractivity contribution in [2.75, 3.05) is 12.9 Å². The van der Waals surface area contributed by atoms with Gasteiger partial charge in [0.2, 0.25) is 9.05 Å². The Morgan fingerprint density at radius 1 is 1.53 bits per heavy atom. The predicted molar refractivity (Wildman–Crippen MR) is 55.8 cm³/mol. The first kappa shape index (κ1) is 12.4. The maximum Gasteiger partial charge on any atom is 0.235 e. The second-order valence-corrected chi connectivity index (χ2v) is 5.81. The number of halogens is 2. The van der Waals surface area contributed by atoms with Crippen molar-refractivity contribution in [1.29, 1.82) is 0 Å². The van der Waals surface area contributed by atoms with Gasteiger partial charge in [-0.15, -0.1) is 0 Å². The average Bonchev–Trinajstić information content (AvgIpc) is 2.13.